The molecule has 0 unspecified atom stereocenters. The van der Waals surface area contributed by atoms with Crippen LogP contribution < -0.4 is 16.2 Å². The first-order valence-corrected chi connectivity index (χ1v) is 5.12. The predicted octanol–water partition coefficient (Wildman–Crippen LogP) is -1.21. The molecule has 0 heterocycles. The fourth-order valence-electron chi connectivity index (χ4n) is 0.851. The molecular formula is C7H11N4NaO2S. The molecule has 0 radical (unpaired) electrons. The number of benzene rings is 1. The topological polar surface area (TPSA) is 122 Å². The molecule has 0 aromatic heterocycles. The van der Waals surface area contributed by atoms with Gasteiger partial charge in [-0.25, -0.2) is 13.1 Å². The van der Waals surface area contributed by atoms with Crippen LogP contribution >= 0.6 is 0 Å². The van der Waals surface area contributed by atoms with Crippen molar-refractivity contribution in [3.8, 4) is 0 Å². The van der Waals surface area contributed by atoms with Crippen molar-refractivity contribution in [1.29, 1.82) is 5.41 Å². The van der Waals surface area contributed by atoms with Crippen molar-refractivity contribution in [3.63, 3.8) is 0 Å². The maximum atomic E-state index is 11.4. The van der Waals surface area contributed by atoms with Gasteiger partial charge in [0.2, 0.25) is 0 Å². The Labute approximate surface area is 110 Å². The van der Waals surface area contributed by atoms with Crippen LogP contribution in [0.4, 0.5) is 5.69 Å². The van der Waals surface area contributed by atoms with Crippen LogP contribution in [0.3, 0.4) is 0 Å². The third-order valence-electron chi connectivity index (χ3n) is 1.43. The molecule has 6 N–H and O–H groups in total. The molecule has 1 aromatic rings. The van der Waals surface area contributed by atoms with Gasteiger partial charge in [-0.05, 0) is 24.3 Å². The number of guanidine groups is 1. The summed E-state index contributed by atoms with van der Waals surface area (Å²) in [4.78, 5) is 0.0156. The number of nitrogen functional groups attached to an aromatic ring is 1. The summed E-state index contributed by atoms with van der Waals surface area (Å²) in [5.41, 5.74) is 10.8. The van der Waals surface area contributed by atoms with Crippen molar-refractivity contribution >= 4 is 51.2 Å². The summed E-state index contributed by atoms with van der Waals surface area (Å²) >= 11 is 0. The van der Waals surface area contributed by atoms with Gasteiger partial charge in [0.1, 0.15) is 0 Å². The van der Waals surface area contributed by atoms with E-state index in [1.165, 1.54) is 24.3 Å². The van der Waals surface area contributed by atoms with Gasteiger partial charge in [0.05, 0.1) is 4.90 Å². The van der Waals surface area contributed by atoms with E-state index in [1.807, 2.05) is 4.72 Å². The number of anilines is 1. The third-order valence-corrected chi connectivity index (χ3v) is 2.82. The van der Waals surface area contributed by atoms with Crippen molar-refractivity contribution in [1.82, 2.24) is 4.72 Å². The molecule has 0 fully saturated rings. The molecule has 0 amide bonds. The first kappa shape index (κ1) is 14.2. The van der Waals surface area contributed by atoms with Crippen molar-refractivity contribution < 1.29 is 8.42 Å². The van der Waals surface area contributed by atoms with E-state index >= 15 is 0 Å². The molecule has 0 spiro atoms. The summed E-state index contributed by atoms with van der Waals surface area (Å²) in [6.07, 6.45) is 0. The number of hydrogen-bond donors (Lipinski definition) is 4. The van der Waals surface area contributed by atoms with Gasteiger partial charge in [0.15, 0.2) is 5.96 Å². The normalized spacial score (nSPS) is 10.1. The summed E-state index contributed by atoms with van der Waals surface area (Å²) in [6.45, 7) is 0. The van der Waals surface area contributed by atoms with Crippen molar-refractivity contribution in [2.75, 3.05) is 5.73 Å². The van der Waals surface area contributed by atoms with Crippen LogP contribution in [0.15, 0.2) is 29.2 Å². The monoisotopic (exact) mass is 238 g/mol. The van der Waals surface area contributed by atoms with Crippen molar-refractivity contribution in [2.24, 2.45) is 5.73 Å². The molecule has 78 valence electrons. The number of nitrogens with one attached hydrogen (secondary N) is 2. The first-order chi connectivity index (χ1) is 6.42. The molecule has 15 heavy (non-hydrogen) atoms. The van der Waals surface area contributed by atoms with Crippen LogP contribution in [0.25, 0.3) is 0 Å². The van der Waals surface area contributed by atoms with E-state index in [0.717, 1.165) is 0 Å². The summed E-state index contributed by atoms with van der Waals surface area (Å²) in [7, 11) is -3.73. The van der Waals surface area contributed by atoms with E-state index in [4.69, 9.17) is 16.9 Å². The summed E-state index contributed by atoms with van der Waals surface area (Å²) in [5, 5.41) is 6.80. The Hall–Kier alpha value is -0.760. The SMILES string of the molecule is N=C(N)NS(=O)(=O)c1ccc(N)cc1.[NaH]. The van der Waals surface area contributed by atoms with Gasteiger partial charge in [-0.2, -0.15) is 0 Å². The van der Waals surface area contributed by atoms with Gasteiger partial charge >= 0.3 is 29.6 Å². The molecule has 0 saturated heterocycles. The maximum absolute atomic E-state index is 11.4. The molecule has 8 heteroatoms. The van der Waals surface area contributed by atoms with E-state index < -0.39 is 16.0 Å². The number of hydrogen-bond acceptors (Lipinski definition) is 4. The van der Waals surface area contributed by atoms with Gasteiger partial charge in [-0.1, -0.05) is 0 Å². The van der Waals surface area contributed by atoms with E-state index in [0.29, 0.717) is 5.69 Å². The van der Waals surface area contributed by atoms with Crippen LogP contribution in [-0.2, 0) is 10.0 Å². The van der Waals surface area contributed by atoms with Gasteiger partial charge < -0.3 is 11.5 Å². The van der Waals surface area contributed by atoms with E-state index in [1.54, 1.807) is 0 Å². The predicted molar refractivity (Wildman–Crippen MR) is 60.2 cm³/mol. The van der Waals surface area contributed by atoms with Crippen LogP contribution in [0.1, 0.15) is 0 Å². The molecule has 0 aliphatic heterocycles. The van der Waals surface area contributed by atoms with Gasteiger partial charge in [-0.3, -0.25) is 5.41 Å². The van der Waals surface area contributed by atoms with Crippen molar-refractivity contribution in [3.05, 3.63) is 24.3 Å². The summed E-state index contributed by atoms with van der Waals surface area (Å²) < 4.78 is 24.6. The zero-order chi connectivity index (χ0) is 10.8. The first-order valence-electron chi connectivity index (χ1n) is 3.64. The number of nitrogens with two attached hydrogens (primary N) is 2. The van der Waals surface area contributed by atoms with Gasteiger partial charge in [-0.15, -0.1) is 0 Å². The van der Waals surface area contributed by atoms with Gasteiger partial charge in [0, 0.05) is 5.69 Å². The summed E-state index contributed by atoms with van der Waals surface area (Å²) in [5.74, 6) is -0.623. The second-order valence-corrected chi connectivity index (χ2v) is 4.27. The molecule has 0 aliphatic carbocycles. The second kappa shape index (κ2) is 5.36. The Bertz CT molecular complexity index is 443. The molecule has 0 saturated carbocycles. The fraction of sp³-hybridized carbons (Fsp3) is 0. The Morgan fingerprint density at radius 1 is 1.27 bits per heavy atom. The molecular weight excluding hydrogens is 227 g/mol. The zero-order valence-electron chi connectivity index (χ0n) is 7.19. The summed E-state index contributed by atoms with van der Waals surface area (Å²) in [6, 6.07) is 5.57. The van der Waals surface area contributed by atoms with Crippen LogP contribution in [0, 0.1) is 5.41 Å². The Balaban J connectivity index is 0.00000196. The average Bonchev–Trinajstić information content (AvgIpc) is 2.02. The molecule has 0 aliphatic rings. The minimum atomic E-state index is -3.73. The molecule has 0 atom stereocenters. The van der Waals surface area contributed by atoms with Crippen molar-refractivity contribution in [2.45, 2.75) is 4.90 Å². The molecule has 6 nitrogen and oxygen atoms in total. The van der Waals surface area contributed by atoms with Gasteiger partial charge in [0.25, 0.3) is 10.0 Å². The second-order valence-electron chi connectivity index (χ2n) is 2.59. The fourth-order valence-corrected chi connectivity index (χ4v) is 1.75. The van der Waals surface area contributed by atoms with Crippen LogP contribution in [-0.4, -0.2) is 43.9 Å². The number of rotatable bonds is 2. The minimum absolute atomic E-state index is 0. The number of sulfonamides is 1. The third kappa shape index (κ3) is 4.08. The van der Waals surface area contributed by atoms with E-state index in [2.05, 4.69) is 0 Å². The standard InChI is InChI=1S/C7H10N4O2S.Na.H/c8-5-1-3-6(4-2-5)14(12,13)11-7(9)10;;/h1-4H,8H2,(H4,9,10,11);;. The Morgan fingerprint density at radius 2 is 1.73 bits per heavy atom. The Morgan fingerprint density at radius 3 is 2.13 bits per heavy atom. The van der Waals surface area contributed by atoms with E-state index in [9.17, 15) is 8.42 Å². The van der Waals surface area contributed by atoms with Crippen LogP contribution in [0.2, 0.25) is 0 Å². The quantitative estimate of drug-likeness (QED) is 0.223. The molecule has 0 bridgehead atoms. The van der Waals surface area contributed by atoms with Crippen LogP contribution in [0.5, 0.6) is 0 Å². The molecule has 1 aromatic carbocycles. The molecule has 1 rings (SSSR count). The Kier molecular flexibility index (Phi) is 5.09. The average molecular weight is 238 g/mol. The zero-order valence-corrected chi connectivity index (χ0v) is 8.01. The van der Waals surface area contributed by atoms with E-state index in [-0.39, 0.29) is 34.5 Å².